The molecule has 1 fully saturated rings. The predicted octanol–water partition coefficient (Wildman–Crippen LogP) is 5.05. The van der Waals surface area contributed by atoms with E-state index in [1.165, 1.54) is 24.1 Å². The van der Waals surface area contributed by atoms with Gasteiger partial charge in [-0.2, -0.15) is 15.0 Å². The Morgan fingerprint density at radius 1 is 0.758 bits per heavy atom. The monoisotopic (exact) mass is 444 g/mol. The Bertz CT molecular complexity index is 993. The van der Waals surface area contributed by atoms with E-state index in [9.17, 15) is 0 Å². The lowest BCUT2D eigenvalue weighted by atomic mass is 10.1. The highest BCUT2D eigenvalue weighted by atomic mass is 15.4. The second-order valence-corrected chi connectivity index (χ2v) is 8.54. The molecule has 6 nitrogen and oxygen atoms in total. The maximum absolute atomic E-state index is 4.93. The molecule has 1 aliphatic rings. The van der Waals surface area contributed by atoms with Crippen molar-refractivity contribution in [3.63, 3.8) is 0 Å². The largest absolute Gasteiger partial charge is 0.368 e. The Kier molecular flexibility index (Phi) is 7.76. The molecule has 0 aliphatic carbocycles. The number of anilines is 3. The van der Waals surface area contributed by atoms with Crippen LogP contribution in [0.3, 0.4) is 0 Å². The molecule has 33 heavy (non-hydrogen) atoms. The minimum atomic E-state index is 0.759. The van der Waals surface area contributed by atoms with Gasteiger partial charge < -0.3 is 14.7 Å². The van der Waals surface area contributed by atoms with Crippen molar-refractivity contribution in [2.75, 3.05) is 54.0 Å². The Morgan fingerprint density at radius 2 is 1.42 bits per heavy atom. The van der Waals surface area contributed by atoms with Gasteiger partial charge in [-0.3, -0.25) is 0 Å². The lowest BCUT2D eigenvalue weighted by Gasteiger charge is -2.36. The van der Waals surface area contributed by atoms with Crippen molar-refractivity contribution in [3.05, 3.63) is 60.2 Å². The lowest BCUT2D eigenvalue weighted by Crippen LogP contribution is -2.47. The van der Waals surface area contributed by atoms with Gasteiger partial charge in [-0.05, 0) is 44.4 Å². The molecule has 0 bridgehead atoms. The van der Waals surface area contributed by atoms with Crippen molar-refractivity contribution in [2.45, 2.75) is 40.0 Å². The lowest BCUT2D eigenvalue weighted by molar-refractivity contribution is 0.637. The third-order valence-corrected chi connectivity index (χ3v) is 6.37. The van der Waals surface area contributed by atoms with Crippen molar-refractivity contribution in [1.29, 1.82) is 0 Å². The van der Waals surface area contributed by atoms with Gasteiger partial charge in [0.1, 0.15) is 0 Å². The number of piperazine rings is 1. The molecule has 0 spiro atoms. The topological polar surface area (TPSA) is 48.4 Å². The number of aryl methyl sites for hydroxylation is 1. The van der Waals surface area contributed by atoms with Crippen molar-refractivity contribution in [1.82, 2.24) is 15.0 Å². The summed E-state index contributed by atoms with van der Waals surface area (Å²) >= 11 is 0. The van der Waals surface area contributed by atoms with Crippen molar-refractivity contribution >= 4 is 17.6 Å². The van der Waals surface area contributed by atoms with Crippen molar-refractivity contribution in [3.8, 4) is 11.4 Å². The van der Waals surface area contributed by atoms with Gasteiger partial charge in [0.25, 0.3) is 0 Å². The standard InChI is InChI=1S/C27H36N6/c1-4-7-11-22-14-16-23(17-15-22)25-28-26(31(5-2)6-3)30-27(29-25)33-20-18-32(19-21-33)24-12-9-8-10-13-24/h8-10,12-17H,4-7,11,18-21H2,1-3H3. The fraction of sp³-hybridized carbons (Fsp3) is 0.444. The molecule has 1 aliphatic heterocycles. The van der Waals surface area contributed by atoms with Crippen LogP contribution < -0.4 is 14.7 Å². The van der Waals surface area contributed by atoms with Crippen LogP contribution in [0, 0.1) is 0 Å². The number of rotatable bonds is 9. The molecule has 0 atom stereocenters. The summed E-state index contributed by atoms with van der Waals surface area (Å²) in [7, 11) is 0. The number of hydrogen-bond donors (Lipinski definition) is 0. The van der Waals surface area contributed by atoms with Gasteiger partial charge in [0.05, 0.1) is 0 Å². The molecule has 0 amide bonds. The maximum Gasteiger partial charge on any atom is 0.230 e. The van der Waals surface area contributed by atoms with Crippen LogP contribution >= 0.6 is 0 Å². The van der Waals surface area contributed by atoms with Gasteiger partial charge in [0.15, 0.2) is 5.82 Å². The van der Waals surface area contributed by atoms with Gasteiger partial charge >= 0.3 is 0 Å². The summed E-state index contributed by atoms with van der Waals surface area (Å²) in [5.74, 6) is 2.31. The fourth-order valence-electron chi connectivity index (χ4n) is 4.28. The van der Waals surface area contributed by atoms with E-state index in [-0.39, 0.29) is 0 Å². The molecular formula is C27H36N6. The van der Waals surface area contributed by atoms with Crippen LogP contribution in [0.15, 0.2) is 54.6 Å². The number of aromatic nitrogens is 3. The van der Waals surface area contributed by atoms with Crippen molar-refractivity contribution < 1.29 is 0 Å². The molecule has 1 aromatic heterocycles. The second kappa shape index (κ2) is 11.1. The number of benzene rings is 2. The summed E-state index contributed by atoms with van der Waals surface area (Å²) in [5.41, 5.74) is 3.70. The van der Waals surface area contributed by atoms with E-state index >= 15 is 0 Å². The van der Waals surface area contributed by atoms with E-state index in [0.717, 1.165) is 69.0 Å². The first-order chi connectivity index (χ1) is 16.2. The zero-order chi connectivity index (χ0) is 23.0. The average molecular weight is 445 g/mol. The van der Waals surface area contributed by atoms with Crippen LogP contribution in [0.5, 0.6) is 0 Å². The summed E-state index contributed by atoms with van der Waals surface area (Å²) in [6.45, 7) is 12.0. The van der Waals surface area contributed by atoms with Gasteiger partial charge in [0, 0.05) is 50.5 Å². The summed E-state index contributed by atoms with van der Waals surface area (Å²) in [5, 5.41) is 0. The molecule has 3 aromatic rings. The molecule has 6 heteroatoms. The normalized spacial score (nSPS) is 13.9. The number of nitrogens with zero attached hydrogens (tertiary/aromatic N) is 6. The van der Waals surface area contributed by atoms with Crippen LogP contribution in [0.1, 0.15) is 39.2 Å². The van der Waals surface area contributed by atoms with E-state index in [0.29, 0.717) is 0 Å². The van der Waals surface area contributed by atoms with Gasteiger partial charge in [-0.1, -0.05) is 55.8 Å². The number of hydrogen-bond acceptors (Lipinski definition) is 6. The molecule has 0 radical (unpaired) electrons. The molecule has 4 rings (SSSR count). The van der Waals surface area contributed by atoms with E-state index in [4.69, 9.17) is 15.0 Å². The predicted molar refractivity (Wildman–Crippen MR) is 138 cm³/mol. The smallest absolute Gasteiger partial charge is 0.230 e. The highest BCUT2D eigenvalue weighted by Crippen LogP contribution is 2.24. The molecular weight excluding hydrogens is 408 g/mol. The van der Waals surface area contributed by atoms with E-state index < -0.39 is 0 Å². The Labute approximate surface area is 198 Å². The first kappa shape index (κ1) is 23.0. The second-order valence-electron chi connectivity index (χ2n) is 8.54. The Morgan fingerprint density at radius 3 is 2.06 bits per heavy atom. The van der Waals surface area contributed by atoms with Gasteiger partial charge in [0.2, 0.25) is 11.9 Å². The summed E-state index contributed by atoms with van der Waals surface area (Å²) < 4.78 is 0. The van der Waals surface area contributed by atoms with Crippen molar-refractivity contribution in [2.24, 2.45) is 0 Å². The first-order valence-electron chi connectivity index (χ1n) is 12.4. The highest BCUT2D eigenvalue weighted by molar-refractivity contribution is 5.59. The third kappa shape index (κ3) is 5.62. The molecule has 174 valence electrons. The zero-order valence-electron chi connectivity index (χ0n) is 20.2. The van der Waals surface area contributed by atoms with Crippen LogP contribution in [0.2, 0.25) is 0 Å². The summed E-state index contributed by atoms with van der Waals surface area (Å²) in [6, 6.07) is 19.4. The minimum Gasteiger partial charge on any atom is -0.368 e. The molecule has 2 aromatic carbocycles. The van der Waals surface area contributed by atoms with Crippen LogP contribution in [-0.4, -0.2) is 54.2 Å². The van der Waals surface area contributed by atoms with Crippen LogP contribution in [-0.2, 0) is 6.42 Å². The van der Waals surface area contributed by atoms with Gasteiger partial charge in [-0.15, -0.1) is 0 Å². The van der Waals surface area contributed by atoms with Crippen LogP contribution in [0.4, 0.5) is 17.6 Å². The molecule has 2 heterocycles. The molecule has 1 saturated heterocycles. The fourth-order valence-corrected chi connectivity index (χ4v) is 4.28. The zero-order valence-corrected chi connectivity index (χ0v) is 20.2. The summed E-state index contributed by atoms with van der Waals surface area (Å²) in [4.78, 5) is 21.6. The van der Waals surface area contributed by atoms with E-state index in [1.807, 2.05) is 0 Å². The SMILES string of the molecule is CCCCc1ccc(-c2nc(N(CC)CC)nc(N3CCN(c4ccccc4)CC3)n2)cc1. The average Bonchev–Trinajstić information content (AvgIpc) is 2.89. The molecule has 0 N–H and O–H groups in total. The van der Waals surface area contributed by atoms with E-state index in [1.54, 1.807) is 0 Å². The molecule has 0 saturated carbocycles. The van der Waals surface area contributed by atoms with E-state index in [2.05, 4.69) is 90.1 Å². The number of para-hydroxylation sites is 1. The maximum atomic E-state index is 4.93. The highest BCUT2D eigenvalue weighted by Gasteiger charge is 2.22. The minimum absolute atomic E-state index is 0.759. The summed E-state index contributed by atoms with van der Waals surface area (Å²) in [6.07, 6.45) is 3.55. The van der Waals surface area contributed by atoms with Crippen LogP contribution in [0.25, 0.3) is 11.4 Å². The molecule has 0 unspecified atom stereocenters. The third-order valence-electron chi connectivity index (χ3n) is 6.37. The number of unbranched alkanes of at least 4 members (excludes halogenated alkanes) is 1. The first-order valence-corrected chi connectivity index (χ1v) is 12.4. The Balaban J connectivity index is 1.58. The van der Waals surface area contributed by atoms with Gasteiger partial charge in [-0.25, -0.2) is 0 Å². The Hall–Kier alpha value is -3.15. The quantitative estimate of drug-likeness (QED) is 0.460.